The van der Waals surface area contributed by atoms with Crippen LogP contribution < -0.4 is 16.4 Å². The second-order valence-corrected chi connectivity index (χ2v) is 10.3. The first-order valence-corrected chi connectivity index (χ1v) is 13.2. The van der Waals surface area contributed by atoms with Crippen molar-refractivity contribution in [3.8, 4) is 11.3 Å². The van der Waals surface area contributed by atoms with E-state index in [1.54, 1.807) is 29.4 Å². The highest BCUT2D eigenvalue weighted by Crippen LogP contribution is 2.34. The number of carbonyl (C=O) groups excluding carboxylic acids is 3. The van der Waals surface area contributed by atoms with Crippen LogP contribution in [0.2, 0.25) is 0 Å². The fourth-order valence-corrected chi connectivity index (χ4v) is 5.34. The first-order chi connectivity index (χ1) is 20.1. The Kier molecular flexibility index (Phi) is 6.75. The second-order valence-electron chi connectivity index (χ2n) is 10.3. The number of hydrogen-bond donors (Lipinski definition) is 3. The Morgan fingerprint density at radius 2 is 1.86 bits per heavy atom. The van der Waals surface area contributed by atoms with E-state index in [1.165, 1.54) is 12.1 Å². The van der Waals surface area contributed by atoms with Gasteiger partial charge >= 0.3 is 6.18 Å². The van der Waals surface area contributed by atoms with Crippen LogP contribution in [0.5, 0.6) is 0 Å². The van der Waals surface area contributed by atoms with Crippen molar-refractivity contribution < 1.29 is 27.6 Å². The monoisotopic (exact) mass is 578 g/mol. The molecule has 42 heavy (non-hydrogen) atoms. The van der Waals surface area contributed by atoms with Crippen molar-refractivity contribution in [1.82, 2.24) is 29.6 Å². The quantitative estimate of drug-likeness (QED) is 0.308. The molecule has 2 aliphatic heterocycles. The van der Waals surface area contributed by atoms with Gasteiger partial charge in [0.1, 0.15) is 34.7 Å². The van der Waals surface area contributed by atoms with Gasteiger partial charge in [-0.15, -0.1) is 0 Å². The largest absolute Gasteiger partial charge is 0.416 e. The molecule has 0 aliphatic carbocycles. The van der Waals surface area contributed by atoms with Gasteiger partial charge in [-0.25, -0.2) is 15.0 Å². The number of nitrogens with one attached hydrogen (secondary N) is 2. The SMILES string of the molecule is Nc1nccn2c([C@@H]3CCCN(C(=O)[C@H]4CC(=O)N4)C3)nc(-c3ccc(C(=O)Nc4cc(C(F)(F)F)ccn4)cc3)c12. The number of benzene rings is 1. The number of nitrogens with zero attached hydrogens (tertiary/aromatic N) is 5. The van der Waals surface area contributed by atoms with E-state index >= 15 is 0 Å². The molecule has 5 heterocycles. The van der Waals surface area contributed by atoms with Crippen molar-refractivity contribution in [3.05, 3.63) is 71.9 Å². The van der Waals surface area contributed by atoms with E-state index in [0.717, 1.165) is 31.2 Å². The molecule has 216 valence electrons. The van der Waals surface area contributed by atoms with Crippen LogP contribution in [0, 0.1) is 0 Å². The molecule has 2 saturated heterocycles. The summed E-state index contributed by atoms with van der Waals surface area (Å²) in [4.78, 5) is 51.6. The molecule has 3 amide bonds. The Labute approximate surface area is 237 Å². The van der Waals surface area contributed by atoms with E-state index in [2.05, 4.69) is 20.6 Å². The number of nitrogen functional groups attached to an aromatic ring is 1. The van der Waals surface area contributed by atoms with Crippen molar-refractivity contribution in [1.29, 1.82) is 0 Å². The molecule has 1 aromatic carbocycles. The lowest BCUT2D eigenvalue weighted by molar-refractivity contribution is -0.144. The van der Waals surface area contributed by atoms with Crippen LogP contribution in [0.3, 0.4) is 0 Å². The van der Waals surface area contributed by atoms with Gasteiger partial charge in [0.25, 0.3) is 5.91 Å². The zero-order valence-corrected chi connectivity index (χ0v) is 22.1. The lowest BCUT2D eigenvalue weighted by Gasteiger charge is -2.37. The maximum absolute atomic E-state index is 13.0. The third kappa shape index (κ3) is 5.10. The molecule has 0 saturated carbocycles. The van der Waals surface area contributed by atoms with E-state index in [9.17, 15) is 27.6 Å². The summed E-state index contributed by atoms with van der Waals surface area (Å²) in [6.45, 7) is 1.04. The highest BCUT2D eigenvalue weighted by atomic mass is 19.4. The summed E-state index contributed by atoms with van der Waals surface area (Å²) in [5.41, 5.74) is 7.32. The number of amides is 3. The number of fused-ring (bicyclic) bond motifs is 1. The molecular weight excluding hydrogens is 553 g/mol. The van der Waals surface area contributed by atoms with Gasteiger partial charge in [-0.2, -0.15) is 13.2 Å². The average Bonchev–Trinajstić information content (AvgIpc) is 3.36. The van der Waals surface area contributed by atoms with E-state index in [0.29, 0.717) is 35.7 Å². The van der Waals surface area contributed by atoms with E-state index in [1.807, 2.05) is 4.40 Å². The van der Waals surface area contributed by atoms with Gasteiger partial charge in [0.2, 0.25) is 11.8 Å². The molecule has 3 aromatic heterocycles. The van der Waals surface area contributed by atoms with Gasteiger partial charge in [0, 0.05) is 48.7 Å². The molecule has 2 fully saturated rings. The first-order valence-electron chi connectivity index (χ1n) is 13.2. The smallest absolute Gasteiger partial charge is 0.382 e. The lowest BCUT2D eigenvalue weighted by atomic mass is 9.95. The van der Waals surface area contributed by atoms with Gasteiger partial charge in [-0.1, -0.05) is 12.1 Å². The summed E-state index contributed by atoms with van der Waals surface area (Å²) < 4.78 is 40.9. The van der Waals surface area contributed by atoms with Crippen molar-refractivity contribution in [3.63, 3.8) is 0 Å². The van der Waals surface area contributed by atoms with Gasteiger partial charge in [-0.3, -0.25) is 18.8 Å². The van der Waals surface area contributed by atoms with Crippen molar-refractivity contribution >= 4 is 34.9 Å². The molecule has 0 unspecified atom stereocenters. The molecule has 14 heteroatoms. The molecule has 0 radical (unpaired) electrons. The minimum absolute atomic E-state index is 0.0912. The molecule has 4 aromatic rings. The van der Waals surface area contributed by atoms with Gasteiger partial charge < -0.3 is 21.3 Å². The Morgan fingerprint density at radius 3 is 2.57 bits per heavy atom. The topological polar surface area (TPSA) is 148 Å². The number of imidazole rings is 1. The van der Waals surface area contributed by atoms with Gasteiger partial charge in [0.05, 0.1) is 12.0 Å². The van der Waals surface area contributed by atoms with Crippen molar-refractivity contribution in [2.24, 2.45) is 0 Å². The number of carbonyl (C=O) groups is 3. The van der Waals surface area contributed by atoms with Crippen molar-refractivity contribution in [2.45, 2.75) is 37.4 Å². The number of pyridine rings is 1. The van der Waals surface area contributed by atoms with Crippen LogP contribution in [-0.4, -0.2) is 61.1 Å². The Balaban J connectivity index is 1.25. The van der Waals surface area contributed by atoms with Crippen molar-refractivity contribution in [2.75, 3.05) is 24.1 Å². The zero-order chi connectivity index (χ0) is 29.6. The molecule has 6 rings (SSSR count). The number of halogens is 3. The minimum Gasteiger partial charge on any atom is -0.382 e. The van der Waals surface area contributed by atoms with Crippen LogP contribution in [0.25, 0.3) is 16.8 Å². The van der Waals surface area contributed by atoms with E-state index in [4.69, 9.17) is 10.7 Å². The number of aromatic nitrogens is 4. The molecule has 0 bridgehead atoms. The standard InChI is InChI=1S/C28H25F3N8O3/c29-28(30,31)18-7-8-33-20(12-18)36-26(41)16-5-3-15(4-6-16)22-23-24(32)34-9-11-39(23)25(37-22)17-2-1-10-38(14-17)27(42)19-13-21(40)35-19/h3-9,11-12,17,19H,1-2,10,13-14H2,(H2,32,34)(H,35,40)(H,33,36,41)/t17-,19-/m1/s1. The number of anilines is 2. The average molecular weight is 579 g/mol. The number of likely N-dealkylation sites (tertiary alicyclic amines) is 1. The fourth-order valence-electron chi connectivity index (χ4n) is 5.34. The molecule has 11 nitrogen and oxygen atoms in total. The second kappa shape index (κ2) is 10.4. The van der Waals surface area contributed by atoms with Crippen LogP contribution in [0.1, 0.15) is 46.9 Å². The molecule has 0 spiro atoms. The van der Waals surface area contributed by atoms with Crippen LogP contribution in [-0.2, 0) is 15.8 Å². The summed E-state index contributed by atoms with van der Waals surface area (Å²) >= 11 is 0. The number of piperidine rings is 1. The highest BCUT2D eigenvalue weighted by molar-refractivity contribution is 6.04. The molecule has 2 atom stereocenters. The van der Waals surface area contributed by atoms with Gasteiger partial charge in [-0.05, 0) is 37.1 Å². The number of alkyl halides is 3. The predicted octanol–water partition coefficient (Wildman–Crippen LogP) is 3.24. The maximum atomic E-state index is 13.0. The number of nitrogens with two attached hydrogens (primary N) is 1. The summed E-state index contributed by atoms with van der Waals surface area (Å²) in [7, 11) is 0. The summed E-state index contributed by atoms with van der Waals surface area (Å²) in [5.74, 6) is -0.208. The normalized spacial score (nSPS) is 18.8. The number of β-lactam (4-membered cyclic amide) rings is 1. The van der Waals surface area contributed by atoms with Crippen LogP contribution >= 0.6 is 0 Å². The number of hydrogen-bond acceptors (Lipinski definition) is 7. The number of rotatable bonds is 5. The minimum atomic E-state index is -4.56. The molecule has 4 N–H and O–H groups in total. The Bertz CT molecular complexity index is 1700. The zero-order valence-electron chi connectivity index (χ0n) is 22.1. The summed E-state index contributed by atoms with van der Waals surface area (Å²) in [6, 6.07) is 7.51. The fraction of sp³-hybridized carbons (Fsp3) is 0.286. The predicted molar refractivity (Wildman–Crippen MR) is 145 cm³/mol. The van der Waals surface area contributed by atoms with Crippen LogP contribution in [0.15, 0.2) is 55.0 Å². The summed E-state index contributed by atoms with van der Waals surface area (Å²) in [6.07, 6.45) is 1.51. The lowest BCUT2D eigenvalue weighted by Crippen LogP contribution is -2.58. The third-order valence-electron chi connectivity index (χ3n) is 7.48. The summed E-state index contributed by atoms with van der Waals surface area (Å²) in [5, 5.41) is 5.03. The van der Waals surface area contributed by atoms with E-state index < -0.39 is 23.7 Å². The first kappa shape index (κ1) is 27.2. The highest BCUT2D eigenvalue weighted by Gasteiger charge is 2.37. The van der Waals surface area contributed by atoms with E-state index in [-0.39, 0.29) is 41.4 Å². The Hall–Kier alpha value is -5.01. The molecule has 2 aliphatic rings. The van der Waals surface area contributed by atoms with Crippen LogP contribution in [0.4, 0.5) is 24.8 Å². The third-order valence-corrected chi connectivity index (χ3v) is 7.48. The maximum Gasteiger partial charge on any atom is 0.416 e. The van der Waals surface area contributed by atoms with Gasteiger partial charge in [0.15, 0.2) is 0 Å². The Morgan fingerprint density at radius 1 is 1.10 bits per heavy atom. The molecular formula is C28H25F3N8O3.